The first kappa shape index (κ1) is 36.0. The predicted molar refractivity (Wildman–Crippen MR) is 169 cm³/mol. The van der Waals surface area contributed by atoms with Crippen molar-refractivity contribution in [3.05, 3.63) is 30.3 Å². The van der Waals surface area contributed by atoms with E-state index in [1.165, 1.54) is 17.0 Å². The third-order valence-electron chi connectivity index (χ3n) is 8.50. The summed E-state index contributed by atoms with van der Waals surface area (Å²) in [7, 11) is -3.72. The second-order valence-corrected chi connectivity index (χ2v) is 16.6. The molecule has 1 aromatic carbocycles. The van der Waals surface area contributed by atoms with Gasteiger partial charge in [0.15, 0.2) is 9.84 Å². The number of benzene rings is 1. The number of hydrogen-bond donors (Lipinski definition) is 4. The third kappa shape index (κ3) is 9.75. The Labute approximate surface area is 266 Å². The fourth-order valence-corrected chi connectivity index (χ4v) is 7.47. The molecule has 1 aromatic rings. The molecule has 4 atom stereocenters. The van der Waals surface area contributed by atoms with Gasteiger partial charge in [-0.25, -0.2) is 13.2 Å². The predicted octanol–water partition coefficient (Wildman–Crippen LogP) is 2.17. The largest absolute Gasteiger partial charge is 0.363 e. The van der Waals surface area contributed by atoms with Crippen LogP contribution in [0, 0.1) is 23.2 Å². The lowest BCUT2D eigenvalue weighted by molar-refractivity contribution is -0.143. The molecule has 1 saturated heterocycles. The summed E-state index contributed by atoms with van der Waals surface area (Å²) in [4.78, 5) is 66.9. The minimum absolute atomic E-state index is 0.0185. The molecule has 5 N–H and O–H groups in total. The number of nitrogens with two attached hydrogens (primary N) is 1. The van der Waals surface area contributed by atoms with Crippen molar-refractivity contribution >= 4 is 39.4 Å². The van der Waals surface area contributed by atoms with Gasteiger partial charge < -0.3 is 26.6 Å². The SMILES string of the molecule is CC(C)C1C[C@@H](C(=O)NC(CC2CC2)C(=O)C(N)=O)N(C(=O)[C@@H](NC(=O)NC(C)(C)CS(=O)(=O)c2ccccc2)C(C)(C)C)C1. The number of urea groups is 1. The van der Waals surface area contributed by atoms with Crippen LogP contribution in [0.4, 0.5) is 4.79 Å². The van der Waals surface area contributed by atoms with E-state index in [0.717, 1.165) is 12.8 Å². The van der Waals surface area contributed by atoms with Gasteiger partial charge in [0.05, 0.1) is 22.2 Å². The van der Waals surface area contributed by atoms with E-state index in [-0.39, 0.29) is 34.9 Å². The van der Waals surface area contributed by atoms with Gasteiger partial charge in [-0.2, -0.15) is 0 Å². The van der Waals surface area contributed by atoms with E-state index in [4.69, 9.17) is 5.73 Å². The lowest BCUT2D eigenvalue weighted by Gasteiger charge is -2.36. The highest BCUT2D eigenvalue weighted by Crippen LogP contribution is 2.35. The van der Waals surface area contributed by atoms with Crippen LogP contribution in [-0.2, 0) is 29.0 Å². The van der Waals surface area contributed by atoms with Crippen LogP contribution < -0.4 is 21.7 Å². The third-order valence-corrected chi connectivity index (χ3v) is 10.6. The molecule has 2 fully saturated rings. The van der Waals surface area contributed by atoms with Crippen LogP contribution in [-0.4, -0.2) is 78.8 Å². The molecular formula is C32H49N5O7S. The van der Waals surface area contributed by atoms with Gasteiger partial charge in [-0.3, -0.25) is 19.2 Å². The number of primary amides is 1. The molecule has 3 rings (SSSR count). The van der Waals surface area contributed by atoms with Gasteiger partial charge >= 0.3 is 6.03 Å². The molecule has 0 radical (unpaired) electrons. The zero-order valence-corrected chi connectivity index (χ0v) is 28.2. The second-order valence-electron chi connectivity index (χ2n) is 14.6. The number of carbonyl (C=O) groups is 5. The van der Waals surface area contributed by atoms with Crippen molar-refractivity contribution in [2.75, 3.05) is 12.3 Å². The molecule has 2 unspecified atom stereocenters. The van der Waals surface area contributed by atoms with Crippen LogP contribution >= 0.6 is 0 Å². The number of sulfone groups is 1. The Morgan fingerprint density at radius 1 is 0.978 bits per heavy atom. The van der Waals surface area contributed by atoms with E-state index in [1.54, 1.807) is 52.8 Å². The summed E-state index contributed by atoms with van der Waals surface area (Å²) in [5, 5.41) is 8.15. The standard InChI is InChI=1S/C32H49N5O7S/c1-19(2)21-16-24(28(40)34-23(15-20-13-14-20)25(38)27(33)39)37(17-21)29(41)26(31(3,4)5)35-30(42)36-32(6,7)18-45(43,44)22-11-9-8-10-12-22/h8-12,19-21,23-24,26H,13-18H2,1-7H3,(H2,33,39)(H,34,40)(H2,35,36,42)/t21?,23?,24-,26+/m0/s1. The van der Waals surface area contributed by atoms with E-state index < -0.39 is 68.5 Å². The van der Waals surface area contributed by atoms with Crippen LogP contribution in [0.5, 0.6) is 0 Å². The molecule has 2 aliphatic rings. The summed E-state index contributed by atoms with van der Waals surface area (Å²) in [5.74, 6) is -3.03. The number of hydrogen-bond acceptors (Lipinski definition) is 7. The van der Waals surface area contributed by atoms with Crippen molar-refractivity contribution in [1.82, 2.24) is 20.9 Å². The molecular weight excluding hydrogens is 598 g/mol. The molecule has 1 aliphatic carbocycles. The number of nitrogens with one attached hydrogen (secondary N) is 3. The van der Waals surface area contributed by atoms with Gasteiger partial charge in [-0.15, -0.1) is 0 Å². The minimum atomic E-state index is -3.72. The molecule has 45 heavy (non-hydrogen) atoms. The van der Waals surface area contributed by atoms with Crippen LogP contribution in [0.1, 0.15) is 74.1 Å². The summed E-state index contributed by atoms with van der Waals surface area (Å²) in [6, 6.07) is 4.16. The van der Waals surface area contributed by atoms with Crippen molar-refractivity contribution < 1.29 is 32.4 Å². The van der Waals surface area contributed by atoms with Gasteiger partial charge in [0, 0.05) is 6.54 Å². The highest BCUT2D eigenvalue weighted by atomic mass is 32.2. The first-order chi connectivity index (χ1) is 20.7. The van der Waals surface area contributed by atoms with Crippen molar-refractivity contribution in [3.8, 4) is 0 Å². The Bertz CT molecular complexity index is 1380. The Morgan fingerprint density at radius 2 is 1.58 bits per heavy atom. The van der Waals surface area contributed by atoms with Crippen LogP contribution in [0.2, 0.25) is 0 Å². The fourth-order valence-electron chi connectivity index (χ4n) is 5.71. The molecule has 1 saturated carbocycles. The van der Waals surface area contributed by atoms with E-state index in [1.807, 2.05) is 13.8 Å². The number of carbonyl (C=O) groups excluding carboxylic acids is 5. The summed E-state index contributed by atoms with van der Waals surface area (Å²) in [6.45, 7) is 12.8. The Hall–Kier alpha value is -3.48. The number of ketones is 1. The number of Topliss-reactive ketones (excluding diaryl/α,β-unsaturated/α-hetero) is 1. The molecule has 0 aromatic heterocycles. The maximum absolute atomic E-state index is 14.2. The molecule has 1 heterocycles. The average Bonchev–Trinajstić information content (AvgIpc) is 3.62. The maximum Gasteiger partial charge on any atom is 0.315 e. The van der Waals surface area contributed by atoms with Gasteiger partial charge in [0.25, 0.3) is 5.91 Å². The molecule has 0 spiro atoms. The van der Waals surface area contributed by atoms with E-state index in [9.17, 15) is 32.4 Å². The Balaban J connectivity index is 1.79. The summed E-state index contributed by atoms with van der Waals surface area (Å²) in [5.41, 5.74) is 3.28. The minimum Gasteiger partial charge on any atom is -0.363 e. The van der Waals surface area contributed by atoms with Crippen LogP contribution in [0.15, 0.2) is 35.2 Å². The lowest BCUT2D eigenvalue weighted by Crippen LogP contribution is -2.62. The van der Waals surface area contributed by atoms with Gasteiger partial charge in [-0.1, -0.05) is 65.7 Å². The first-order valence-electron chi connectivity index (χ1n) is 15.5. The average molecular weight is 648 g/mol. The zero-order valence-electron chi connectivity index (χ0n) is 27.4. The highest BCUT2D eigenvalue weighted by Gasteiger charge is 2.46. The smallest absolute Gasteiger partial charge is 0.315 e. The van der Waals surface area contributed by atoms with Crippen LogP contribution in [0.25, 0.3) is 0 Å². The van der Waals surface area contributed by atoms with E-state index in [0.29, 0.717) is 12.8 Å². The molecule has 250 valence electrons. The number of likely N-dealkylation sites (tertiary alicyclic amines) is 1. The highest BCUT2D eigenvalue weighted by molar-refractivity contribution is 7.91. The first-order valence-corrected chi connectivity index (χ1v) is 17.2. The fraction of sp³-hybridized carbons (Fsp3) is 0.656. The quantitative estimate of drug-likeness (QED) is 0.236. The van der Waals surface area contributed by atoms with Crippen molar-refractivity contribution in [3.63, 3.8) is 0 Å². The molecule has 12 nitrogen and oxygen atoms in total. The number of nitrogens with zero attached hydrogens (tertiary/aromatic N) is 1. The Kier molecular flexibility index (Phi) is 11.1. The monoisotopic (exact) mass is 647 g/mol. The van der Waals surface area contributed by atoms with Gasteiger partial charge in [0.2, 0.25) is 17.6 Å². The number of amides is 5. The maximum atomic E-state index is 14.2. The Morgan fingerprint density at radius 3 is 2.09 bits per heavy atom. The molecule has 0 bridgehead atoms. The van der Waals surface area contributed by atoms with E-state index >= 15 is 0 Å². The van der Waals surface area contributed by atoms with Crippen LogP contribution in [0.3, 0.4) is 0 Å². The summed E-state index contributed by atoms with van der Waals surface area (Å²) in [6.07, 6.45) is 2.46. The topological polar surface area (TPSA) is 185 Å². The summed E-state index contributed by atoms with van der Waals surface area (Å²) >= 11 is 0. The normalized spacial score (nSPS) is 20.3. The van der Waals surface area contributed by atoms with Crippen molar-refractivity contribution in [2.45, 2.75) is 103 Å². The molecule has 1 aliphatic heterocycles. The number of rotatable bonds is 13. The second kappa shape index (κ2) is 13.9. The zero-order chi connectivity index (χ0) is 33.9. The van der Waals surface area contributed by atoms with Gasteiger partial charge in [-0.05, 0) is 62.0 Å². The van der Waals surface area contributed by atoms with Crippen molar-refractivity contribution in [1.29, 1.82) is 0 Å². The lowest BCUT2D eigenvalue weighted by atomic mass is 9.85. The molecule has 5 amide bonds. The van der Waals surface area contributed by atoms with E-state index in [2.05, 4.69) is 16.0 Å². The van der Waals surface area contributed by atoms with Crippen molar-refractivity contribution in [2.24, 2.45) is 28.9 Å². The molecule has 13 heteroatoms. The van der Waals surface area contributed by atoms with Gasteiger partial charge in [0.1, 0.15) is 12.1 Å². The summed E-state index contributed by atoms with van der Waals surface area (Å²) < 4.78 is 26.0.